The number of hydrogen-bond acceptors (Lipinski definition) is 12. The normalized spacial score (nSPS) is 7.85. The fourth-order valence-electron chi connectivity index (χ4n) is 2.06. The van der Waals surface area contributed by atoms with Crippen LogP contribution in [0.1, 0.15) is 38.8 Å². The summed E-state index contributed by atoms with van der Waals surface area (Å²) in [5.41, 5.74) is 11.9. The minimum atomic E-state index is -1.59. The number of hydrogen-bond donors (Lipinski definition) is 4. The fraction of sp³-hybridized carbons (Fsp3) is 0.273. The summed E-state index contributed by atoms with van der Waals surface area (Å²) in [6.07, 6.45) is 0. The number of para-hydroxylation sites is 2. The molecule has 8 N–H and O–H groups in total. The van der Waals surface area contributed by atoms with Crippen LogP contribution in [0.2, 0.25) is 0 Å². The molecule has 39 heavy (non-hydrogen) atoms. The topological polar surface area (TPSA) is 285 Å². The number of carboxylic acids is 4. The quantitative estimate of drug-likeness (QED) is 0.177. The predicted molar refractivity (Wildman–Crippen MR) is 118 cm³/mol. The molecule has 0 saturated carbocycles. The first-order valence-electron chi connectivity index (χ1n) is 9.26. The van der Waals surface area contributed by atoms with Crippen LogP contribution in [0.3, 0.4) is 0 Å². The molecule has 0 heterocycles. The van der Waals surface area contributed by atoms with Gasteiger partial charge in [-0.05, 0) is 39.8 Å². The standard InChI is InChI=1S/C14H16N2O2.4C2H4O2.4K.H2O/c15-12-7-3-1-5-10(12)14(18,9-17)11-6-2-4-8-13(11)16;4*1-2(3)4;;;;;/h1-8,17-18H,9,15-16H2;4*1H3,(H,3,4);;;;;1H2/q;;;;;4*+1;/p-4. The van der Waals surface area contributed by atoms with E-state index >= 15 is 0 Å². The molecular formula is C22H30K4N2O11. The van der Waals surface area contributed by atoms with Gasteiger partial charge in [0, 0.05) is 46.4 Å². The molecule has 17 heteroatoms. The fourth-order valence-corrected chi connectivity index (χ4v) is 2.06. The third kappa shape index (κ3) is 38.3. The van der Waals surface area contributed by atoms with Gasteiger partial charge in [-0.25, -0.2) is 0 Å². The summed E-state index contributed by atoms with van der Waals surface area (Å²) in [5.74, 6) is -4.33. The van der Waals surface area contributed by atoms with Crippen molar-refractivity contribution in [3.8, 4) is 0 Å². The number of aliphatic carboxylic acids is 4. The smallest absolute Gasteiger partial charge is 0.550 e. The van der Waals surface area contributed by atoms with E-state index in [1.54, 1.807) is 48.5 Å². The van der Waals surface area contributed by atoms with Crippen LogP contribution in [-0.4, -0.2) is 46.2 Å². The average molecular weight is 655 g/mol. The minimum Gasteiger partial charge on any atom is -0.550 e. The van der Waals surface area contributed by atoms with E-state index in [9.17, 15) is 10.2 Å². The van der Waals surface area contributed by atoms with Gasteiger partial charge in [-0.1, -0.05) is 36.4 Å². The number of nitrogens with two attached hydrogens (primary N) is 2. The Morgan fingerprint density at radius 1 is 0.641 bits per heavy atom. The van der Waals surface area contributed by atoms with Crippen molar-refractivity contribution in [1.29, 1.82) is 0 Å². The van der Waals surface area contributed by atoms with E-state index in [1.807, 2.05) is 0 Å². The zero-order valence-electron chi connectivity index (χ0n) is 23.6. The van der Waals surface area contributed by atoms with E-state index in [0.717, 1.165) is 27.7 Å². The van der Waals surface area contributed by atoms with Crippen molar-refractivity contribution in [2.75, 3.05) is 18.1 Å². The Hall–Kier alpha value is 2.35. The molecule has 198 valence electrons. The summed E-state index contributed by atoms with van der Waals surface area (Å²) in [5, 5.41) is 55.8. The number of carboxylic acid groups (broad SMARTS) is 4. The van der Waals surface area contributed by atoms with Crippen molar-refractivity contribution in [1.82, 2.24) is 0 Å². The average Bonchev–Trinajstić information content (AvgIpc) is 2.66. The van der Waals surface area contributed by atoms with E-state index in [2.05, 4.69) is 0 Å². The second-order valence-corrected chi connectivity index (χ2v) is 6.16. The number of rotatable bonds is 3. The third-order valence-electron chi connectivity index (χ3n) is 3.04. The first-order chi connectivity index (χ1) is 15.5. The summed E-state index contributed by atoms with van der Waals surface area (Å²) in [6, 6.07) is 13.8. The van der Waals surface area contributed by atoms with Gasteiger partial charge < -0.3 is 66.8 Å². The Labute approximate surface area is 397 Å². The molecule has 0 aliphatic carbocycles. The molecule has 0 aliphatic rings. The first-order valence-corrected chi connectivity index (χ1v) is 9.26. The van der Waals surface area contributed by atoms with Crippen LogP contribution in [0.4, 0.5) is 11.4 Å². The van der Waals surface area contributed by atoms with Gasteiger partial charge in [0.1, 0.15) is 5.60 Å². The van der Waals surface area contributed by atoms with E-state index in [-0.39, 0.29) is 211 Å². The van der Waals surface area contributed by atoms with Crippen LogP contribution in [0, 0.1) is 0 Å². The molecule has 0 spiro atoms. The molecule has 0 saturated heterocycles. The molecule has 0 fully saturated rings. The van der Waals surface area contributed by atoms with Gasteiger partial charge in [0.2, 0.25) is 0 Å². The molecule has 2 aromatic rings. The maximum Gasteiger partial charge on any atom is 1.00 e. The Balaban J connectivity index is -0.0000000645. The number of carbonyl (C=O) groups is 4. The van der Waals surface area contributed by atoms with Crippen LogP contribution in [-0.2, 0) is 24.8 Å². The van der Waals surface area contributed by atoms with E-state index in [1.165, 1.54) is 0 Å². The van der Waals surface area contributed by atoms with Gasteiger partial charge in [0.15, 0.2) is 0 Å². The summed E-state index contributed by atoms with van der Waals surface area (Å²) >= 11 is 0. The first kappa shape index (κ1) is 60.5. The predicted octanol–water partition coefficient (Wildman–Crippen LogP) is -16.7. The number of anilines is 2. The van der Waals surface area contributed by atoms with Crippen LogP contribution in [0.15, 0.2) is 48.5 Å². The second kappa shape index (κ2) is 36.5. The largest absolute Gasteiger partial charge is 1.00 e. The van der Waals surface area contributed by atoms with Crippen molar-refractivity contribution >= 4 is 35.3 Å². The zero-order valence-corrected chi connectivity index (χ0v) is 36.1. The monoisotopic (exact) mass is 654 g/mol. The van der Waals surface area contributed by atoms with Crippen molar-refractivity contribution in [3.05, 3.63) is 59.7 Å². The van der Waals surface area contributed by atoms with Gasteiger partial charge in [0.05, 0.1) is 6.61 Å². The SMILES string of the molecule is CC(=O)[O-].CC(=O)[O-].CC(=O)[O-].CC(=O)[O-].Nc1ccccc1C(O)(CO)c1ccccc1N.O.[K+].[K+].[K+].[K+]. The van der Waals surface area contributed by atoms with Gasteiger partial charge in [-0.3, -0.25) is 0 Å². The van der Waals surface area contributed by atoms with Gasteiger partial charge in [0.25, 0.3) is 0 Å². The Kier molecular flexibility index (Phi) is 56.7. The molecule has 0 amide bonds. The third-order valence-corrected chi connectivity index (χ3v) is 3.04. The van der Waals surface area contributed by atoms with Crippen molar-refractivity contribution in [2.45, 2.75) is 33.3 Å². The zero-order chi connectivity index (χ0) is 27.5. The maximum atomic E-state index is 10.7. The van der Waals surface area contributed by atoms with E-state index in [0.29, 0.717) is 22.5 Å². The van der Waals surface area contributed by atoms with Crippen LogP contribution < -0.4 is 237 Å². The van der Waals surface area contributed by atoms with Crippen LogP contribution >= 0.6 is 0 Å². The molecule has 0 aliphatic heterocycles. The number of aliphatic hydroxyl groups is 2. The number of aliphatic hydroxyl groups excluding tert-OH is 1. The van der Waals surface area contributed by atoms with Gasteiger partial charge in [-0.2, -0.15) is 0 Å². The minimum absolute atomic E-state index is 0. The van der Waals surface area contributed by atoms with Crippen LogP contribution in [0.5, 0.6) is 0 Å². The molecule has 0 aromatic heterocycles. The van der Waals surface area contributed by atoms with Crippen molar-refractivity contribution < 1.29 is 261 Å². The number of carbonyl (C=O) groups excluding carboxylic acids is 4. The Bertz CT molecular complexity index is 827. The number of nitrogen functional groups attached to an aromatic ring is 2. The molecule has 0 radical (unpaired) electrons. The van der Waals surface area contributed by atoms with Crippen molar-refractivity contribution in [2.24, 2.45) is 0 Å². The summed E-state index contributed by atoms with van der Waals surface area (Å²) in [7, 11) is 0. The summed E-state index contributed by atoms with van der Waals surface area (Å²) in [4.78, 5) is 35.6. The van der Waals surface area contributed by atoms with Gasteiger partial charge >= 0.3 is 206 Å². The molecule has 0 atom stereocenters. The Morgan fingerprint density at radius 2 is 0.821 bits per heavy atom. The Morgan fingerprint density at radius 3 is 0.974 bits per heavy atom. The molecule has 0 unspecified atom stereocenters. The van der Waals surface area contributed by atoms with E-state index in [4.69, 9.17) is 51.1 Å². The molecule has 2 rings (SSSR count). The van der Waals surface area contributed by atoms with Crippen molar-refractivity contribution in [3.63, 3.8) is 0 Å². The second-order valence-electron chi connectivity index (χ2n) is 6.16. The molecule has 0 bridgehead atoms. The van der Waals surface area contributed by atoms with Gasteiger partial charge in [-0.15, -0.1) is 0 Å². The van der Waals surface area contributed by atoms with E-state index < -0.39 is 36.1 Å². The molecule has 13 nitrogen and oxygen atoms in total. The van der Waals surface area contributed by atoms with Crippen LogP contribution in [0.25, 0.3) is 0 Å². The maximum absolute atomic E-state index is 10.7. The number of benzene rings is 2. The summed E-state index contributed by atoms with van der Waals surface area (Å²) in [6.45, 7) is 3.40. The molecular weight excluding hydrogens is 625 g/mol. The summed E-state index contributed by atoms with van der Waals surface area (Å²) < 4.78 is 0. The molecule has 2 aromatic carbocycles.